The molecule has 1 amide bonds. The summed E-state index contributed by atoms with van der Waals surface area (Å²) in [6.45, 7) is 3.84. The Kier molecular flexibility index (Phi) is 6.47. The number of carboxylic acid groups (broad SMARTS) is 1. The monoisotopic (exact) mass is 361 g/mol. The van der Waals surface area contributed by atoms with E-state index in [1.165, 1.54) is 6.20 Å². The summed E-state index contributed by atoms with van der Waals surface area (Å²) < 4.78 is 0. The van der Waals surface area contributed by atoms with Crippen LogP contribution < -0.4 is 5.32 Å². The van der Waals surface area contributed by atoms with Crippen LogP contribution in [0.5, 0.6) is 0 Å². The molecule has 132 valence electrons. The molecule has 2 rings (SSSR count). The molecule has 0 spiro atoms. The lowest BCUT2D eigenvalue weighted by Gasteiger charge is -2.19. The highest BCUT2D eigenvalue weighted by atomic mass is 35.5. The predicted octanol–water partition coefficient (Wildman–Crippen LogP) is 3.59. The molecule has 0 bridgehead atoms. The third-order valence-corrected chi connectivity index (χ3v) is 3.92. The van der Waals surface area contributed by atoms with Gasteiger partial charge in [0, 0.05) is 12.3 Å². The van der Waals surface area contributed by atoms with Crippen LogP contribution in [0.25, 0.3) is 0 Å². The molecule has 0 saturated carbocycles. The van der Waals surface area contributed by atoms with E-state index in [9.17, 15) is 9.59 Å². The summed E-state index contributed by atoms with van der Waals surface area (Å²) in [5, 5.41) is 11.9. The van der Waals surface area contributed by atoms with E-state index >= 15 is 0 Å². The standard InChI is InChI=1S/C18H20ClN3O3/c1-11(2)17-20-10-13(19)16(22-17)18(25)21-14(8-9-15(23)24)12-6-4-3-5-7-12/h3-7,10-11,14H,8-9H2,1-2H3,(H,21,25)(H,23,24). The molecule has 0 aliphatic carbocycles. The second-order valence-corrected chi connectivity index (χ2v) is 6.36. The largest absolute Gasteiger partial charge is 0.481 e. The lowest BCUT2D eigenvalue weighted by atomic mass is 10.0. The molecule has 25 heavy (non-hydrogen) atoms. The zero-order valence-electron chi connectivity index (χ0n) is 14.1. The molecule has 7 heteroatoms. The van der Waals surface area contributed by atoms with Crippen molar-refractivity contribution in [1.29, 1.82) is 0 Å². The fourth-order valence-electron chi connectivity index (χ4n) is 2.32. The van der Waals surface area contributed by atoms with Crippen LogP contribution in [-0.4, -0.2) is 27.0 Å². The molecule has 2 N–H and O–H groups in total. The van der Waals surface area contributed by atoms with Gasteiger partial charge >= 0.3 is 5.97 Å². The van der Waals surface area contributed by atoms with E-state index in [1.807, 2.05) is 44.2 Å². The summed E-state index contributed by atoms with van der Waals surface area (Å²) in [6.07, 6.45) is 1.62. The summed E-state index contributed by atoms with van der Waals surface area (Å²) in [6, 6.07) is 8.77. The van der Waals surface area contributed by atoms with Gasteiger partial charge in [-0.15, -0.1) is 0 Å². The van der Waals surface area contributed by atoms with Crippen LogP contribution in [0.3, 0.4) is 0 Å². The maximum Gasteiger partial charge on any atom is 0.303 e. The number of hydrogen-bond donors (Lipinski definition) is 2. The molecular formula is C18H20ClN3O3. The van der Waals surface area contributed by atoms with Crippen LogP contribution in [-0.2, 0) is 4.79 Å². The number of carboxylic acids is 1. The molecule has 0 aliphatic rings. The highest BCUT2D eigenvalue weighted by Gasteiger charge is 2.21. The summed E-state index contributed by atoms with van der Waals surface area (Å²) >= 11 is 6.07. The van der Waals surface area contributed by atoms with Gasteiger partial charge < -0.3 is 10.4 Å². The van der Waals surface area contributed by atoms with Crippen LogP contribution in [0.4, 0.5) is 0 Å². The fourth-order valence-corrected chi connectivity index (χ4v) is 2.50. The minimum atomic E-state index is -0.919. The quantitative estimate of drug-likeness (QED) is 0.786. The van der Waals surface area contributed by atoms with Crippen molar-refractivity contribution in [1.82, 2.24) is 15.3 Å². The zero-order valence-corrected chi connectivity index (χ0v) is 14.8. The molecular weight excluding hydrogens is 342 g/mol. The van der Waals surface area contributed by atoms with Crippen molar-refractivity contribution in [3.8, 4) is 0 Å². The number of carbonyl (C=O) groups excluding carboxylic acids is 1. The molecule has 6 nitrogen and oxygen atoms in total. The Hall–Kier alpha value is -2.47. The molecule has 1 aromatic heterocycles. The van der Waals surface area contributed by atoms with E-state index < -0.39 is 17.9 Å². The highest BCUT2D eigenvalue weighted by molar-refractivity contribution is 6.33. The van der Waals surface area contributed by atoms with E-state index in [0.29, 0.717) is 5.82 Å². The van der Waals surface area contributed by atoms with Gasteiger partial charge in [0.2, 0.25) is 0 Å². The van der Waals surface area contributed by atoms with Crippen molar-refractivity contribution in [2.75, 3.05) is 0 Å². The average molecular weight is 362 g/mol. The first-order valence-corrected chi connectivity index (χ1v) is 8.36. The Morgan fingerprint density at radius 2 is 1.92 bits per heavy atom. The number of aliphatic carboxylic acids is 1. The summed E-state index contributed by atoms with van der Waals surface area (Å²) in [5.74, 6) is -0.789. The van der Waals surface area contributed by atoms with Gasteiger partial charge in [-0.3, -0.25) is 9.59 Å². The van der Waals surface area contributed by atoms with E-state index in [0.717, 1.165) is 5.56 Å². The van der Waals surface area contributed by atoms with Gasteiger partial charge in [0.1, 0.15) is 11.5 Å². The maximum atomic E-state index is 12.6. The first-order valence-electron chi connectivity index (χ1n) is 7.98. The van der Waals surface area contributed by atoms with Gasteiger partial charge in [-0.25, -0.2) is 9.97 Å². The van der Waals surface area contributed by atoms with Crippen molar-refractivity contribution in [2.24, 2.45) is 0 Å². The van der Waals surface area contributed by atoms with Crippen LogP contribution >= 0.6 is 11.6 Å². The zero-order chi connectivity index (χ0) is 18.4. The first-order chi connectivity index (χ1) is 11.9. The van der Waals surface area contributed by atoms with E-state index in [1.54, 1.807) is 0 Å². The van der Waals surface area contributed by atoms with Gasteiger partial charge in [-0.1, -0.05) is 55.8 Å². The Bertz CT molecular complexity index is 750. The smallest absolute Gasteiger partial charge is 0.303 e. The minimum Gasteiger partial charge on any atom is -0.481 e. The maximum absolute atomic E-state index is 12.6. The van der Waals surface area contributed by atoms with Gasteiger partial charge in [0.15, 0.2) is 0 Å². The number of nitrogens with one attached hydrogen (secondary N) is 1. The van der Waals surface area contributed by atoms with Crippen molar-refractivity contribution in [2.45, 2.75) is 38.6 Å². The van der Waals surface area contributed by atoms with Crippen molar-refractivity contribution >= 4 is 23.5 Å². The number of carbonyl (C=O) groups is 2. The van der Waals surface area contributed by atoms with E-state index in [-0.39, 0.29) is 29.5 Å². The van der Waals surface area contributed by atoms with Gasteiger partial charge in [-0.2, -0.15) is 0 Å². The van der Waals surface area contributed by atoms with E-state index in [2.05, 4.69) is 15.3 Å². The minimum absolute atomic E-state index is 0.0562. The Morgan fingerprint density at radius 3 is 2.52 bits per heavy atom. The summed E-state index contributed by atoms with van der Waals surface area (Å²) in [5.41, 5.74) is 0.919. The second kappa shape index (κ2) is 8.58. The van der Waals surface area contributed by atoms with Crippen molar-refractivity contribution < 1.29 is 14.7 Å². The molecule has 1 aromatic carbocycles. The second-order valence-electron chi connectivity index (χ2n) is 5.95. The summed E-state index contributed by atoms with van der Waals surface area (Å²) in [7, 11) is 0. The number of hydrogen-bond acceptors (Lipinski definition) is 4. The van der Waals surface area contributed by atoms with Gasteiger partial charge in [0.05, 0.1) is 17.3 Å². The van der Waals surface area contributed by atoms with Crippen molar-refractivity contribution in [3.63, 3.8) is 0 Å². The SMILES string of the molecule is CC(C)c1ncc(Cl)c(C(=O)NC(CCC(=O)O)c2ccccc2)n1. The molecule has 0 saturated heterocycles. The topological polar surface area (TPSA) is 92.2 Å². The molecule has 0 aliphatic heterocycles. The third kappa shape index (κ3) is 5.26. The number of amides is 1. The number of benzene rings is 1. The Morgan fingerprint density at radius 1 is 1.24 bits per heavy atom. The number of nitrogens with zero attached hydrogens (tertiary/aromatic N) is 2. The van der Waals surface area contributed by atoms with Crippen LogP contribution in [0, 0.1) is 0 Å². The number of rotatable bonds is 7. The molecule has 0 fully saturated rings. The normalized spacial score (nSPS) is 12.0. The lowest BCUT2D eigenvalue weighted by Crippen LogP contribution is -2.30. The van der Waals surface area contributed by atoms with Gasteiger partial charge in [0.25, 0.3) is 5.91 Å². The van der Waals surface area contributed by atoms with Crippen LogP contribution in [0.1, 0.15) is 60.5 Å². The highest BCUT2D eigenvalue weighted by Crippen LogP contribution is 2.21. The first kappa shape index (κ1) is 18.9. The van der Waals surface area contributed by atoms with E-state index in [4.69, 9.17) is 16.7 Å². The van der Waals surface area contributed by atoms with Crippen LogP contribution in [0.15, 0.2) is 36.5 Å². The van der Waals surface area contributed by atoms with Crippen molar-refractivity contribution in [3.05, 3.63) is 58.6 Å². The summed E-state index contributed by atoms with van der Waals surface area (Å²) in [4.78, 5) is 31.9. The predicted molar refractivity (Wildman–Crippen MR) is 94.7 cm³/mol. The number of halogens is 1. The molecule has 1 atom stereocenters. The van der Waals surface area contributed by atoms with Gasteiger partial charge in [-0.05, 0) is 12.0 Å². The average Bonchev–Trinajstić information content (AvgIpc) is 2.59. The Labute approximate surface area is 151 Å². The third-order valence-electron chi connectivity index (χ3n) is 3.65. The fraction of sp³-hybridized carbons (Fsp3) is 0.333. The number of aromatic nitrogens is 2. The molecule has 1 heterocycles. The van der Waals surface area contributed by atoms with Crippen LogP contribution in [0.2, 0.25) is 5.02 Å². The molecule has 0 radical (unpaired) electrons. The molecule has 1 unspecified atom stereocenters. The molecule has 2 aromatic rings. The Balaban J connectivity index is 2.24. The lowest BCUT2D eigenvalue weighted by molar-refractivity contribution is -0.137.